The lowest BCUT2D eigenvalue weighted by molar-refractivity contribution is 0.0600. The first kappa shape index (κ1) is 21.5. The van der Waals surface area contributed by atoms with Crippen molar-refractivity contribution in [1.82, 2.24) is 14.8 Å². The van der Waals surface area contributed by atoms with Crippen LogP contribution in [0, 0.1) is 0 Å². The molecular weight excluding hydrogens is 410 g/mol. The summed E-state index contributed by atoms with van der Waals surface area (Å²) in [6, 6.07) is 15.7. The molecule has 3 aromatic rings. The number of thiazole rings is 1. The average Bonchev–Trinajstić information content (AvgIpc) is 3.29. The van der Waals surface area contributed by atoms with Crippen molar-refractivity contribution in [3.63, 3.8) is 0 Å². The van der Waals surface area contributed by atoms with Crippen molar-refractivity contribution < 1.29 is 14.3 Å². The van der Waals surface area contributed by atoms with Crippen molar-refractivity contribution >= 4 is 17.3 Å². The van der Waals surface area contributed by atoms with Gasteiger partial charge in [-0.15, -0.1) is 11.3 Å². The van der Waals surface area contributed by atoms with Gasteiger partial charge in [0.15, 0.2) is 0 Å². The van der Waals surface area contributed by atoms with E-state index < -0.39 is 0 Å². The van der Waals surface area contributed by atoms with Crippen LogP contribution in [0.2, 0.25) is 0 Å². The molecule has 2 heterocycles. The number of piperazine rings is 1. The zero-order valence-electron chi connectivity index (χ0n) is 17.9. The topological polar surface area (TPSA) is 54.9 Å². The second-order valence-electron chi connectivity index (χ2n) is 7.61. The highest BCUT2D eigenvalue weighted by atomic mass is 32.1. The summed E-state index contributed by atoms with van der Waals surface area (Å²) in [7, 11) is 3.08. The van der Waals surface area contributed by atoms with Gasteiger partial charge < -0.3 is 9.47 Å². The molecule has 1 saturated heterocycles. The molecule has 6 nitrogen and oxygen atoms in total. The predicted octanol–water partition coefficient (Wildman–Crippen LogP) is 3.92. The molecule has 0 amide bonds. The second-order valence-corrected chi connectivity index (χ2v) is 8.47. The van der Waals surface area contributed by atoms with Crippen LogP contribution in [0.3, 0.4) is 0 Å². The normalized spacial score (nSPS) is 15.0. The van der Waals surface area contributed by atoms with Crippen molar-refractivity contribution in [2.24, 2.45) is 0 Å². The Labute approximate surface area is 187 Å². The Morgan fingerprint density at radius 1 is 0.935 bits per heavy atom. The summed E-state index contributed by atoms with van der Waals surface area (Å²) >= 11 is 1.69. The molecule has 1 fully saturated rings. The standard InChI is InChI=1S/C24H27N3O3S/c1-29-22-9-7-19(8-10-22)23-25-21(17-31-23)16-27-13-11-26(12-14-27)15-18-3-5-20(6-4-18)24(28)30-2/h3-10,17H,11-16H2,1-2H3. The number of hydrogen-bond acceptors (Lipinski definition) is 7. The van der Waals surface area contributed by atoms with E-state index in [2.05, 4.69) is 27.3 Å². The van der Waals surface area contributed by atoms with E-state index in [0.29, 0.717) is 5.56 Å². The van der Waals surface area contributed by atoms with Crippen molar-refractivity contribution in [3.05, 3.63) is 70.7 Å². The Hall–Kier alpha value is -2.74. The molecule has 4 rings (SSSR count). The van der Waals surface area contributed by atoms with Crippen LogP contribution in [0.5, 0.6) is 5.75 Å². The number of hydrogen-bond donors (Lipinski definition) is 0. The summed E-state index contributed by atoms with van der Waals surface area (Å²) < 4.78 is 9.99. The second kappa shape index (κ2) is 10.0. The predicted molar refractivity (Wildman–Crippen MR) is 122 cm³/mol. The van der Waals surface area contributed by atoms with Gasteiger partial charge in [0.25, 0.3) is 0 Å². The lowest BCUT2D eigenvalue weighted by Crippen LogP contribution is -2.45. The molecule has 0 atom stereocenters. The number of carbonyl (C=O) groups excluding carboxylic acids is 1. The van der Waals surface area contributed by atoms with Crippen LogP contribution in [0.15, 0.2) is 53.9 Å². The Morgan fingerprint density at radius 2 is 1.58 bits per heavy atom. The highest BCUT2D eigenvalue weighted by Crippen LogP contribution is 2.26. The van der Waals surface area contributed by atoms with Crippen molar-refractivity contribution in [2.45, 2.75) is 13.1 Å². The van der Waals surface area contributed by atoms with Gasteiger partial charge in [0.2, 0.25) is 0 Å². The molecule has 0 bridgehead atoms. The van der Waals surface area contributed by atoms with Crippen LogP contribution in [0.1, 0.15) is 21.6 Å². The smallest absolute Gasteiger partial charge is 0.337 e. The van der Waals surface area contributed by atoms with Crippen LogP contribution < -0.4 is 4.74 Å². The van der Waals surface area contributed by atoms with Crippen LogP contribution in [-0.4, -0.2) is 61.2 Å². The van der Waals surface area contributed by atoms with Gasteiger partial charge >= 0.3 is 5.97 Å². The lowest BCUT2D eigenvalue weighted by Gasteiger charge is -2.34. The van der Waals surface area contributed by atoms with Crippen molar-refractivity contribution in [2.75, 3.05) is 40.4 Å². The van der Waals surface area contributed by atoms with E-state index in [9.17, 15) is 4.79 Å². The average molecular weight is 438 g/mol. The Balaban J connectivity index is 1.26. The van der Waals surface area contributed by atoms with Gasteiger partial charge in [-0.05, 0) is 42.0 Å². The largest absolute Gasteiger partial charge is 0.497 e. The number of ether oxygens (including phenoxy) is 2. The molecule has 1 aliphatic rings. The Bertz CT molecular complexity index is 994. The van der Waals surface area contributed by atoms with Crippen LogP contribution >= 0.6 is 11.3 Å². The summed E-state index contributed by atoms with van der Waals surface area (Å²) in [6.45, 7) is 5.87. The summed E-state index contributed by atoms with van der Waals surface area (Å²) in [5.41, 5.74) is 4.06. The molecule has 0 N–H and O–H groups in total. The van der Waals surface area contributed by atoms with Crippen LogP contribution in [0.4, 0.5) is 0 Å². The lowest BCUT2D eigenvalue weighted by atomic mass is 10.1. The van der Waals surface area contributed by atoms with Gasteiger partial charge in [-0.2, -0.15) is 0 Å². The van der Waals surface area contributed by atoms with E-state index in [0.717, 1.165) is 61.3 Å². The molecular formula is C24H27N3O3S. The monoisotopic (exact) mass is 437 g/mol. The van der Waals surface area contributed by atoms with Gasteiger partial charge in [-0.3, -0.25) is 9.80 Å². The Morgan fingerprint density at radius 3 is 2.19 bits per heavy atom. The molecule has 162 valence electrons. The summed E-state index contributed by atoms with van der Waals surface area (Å²) in [4.78, 5) is 21.3. The Kier molecular flexibility index (Phi) is 6.96. The van der Waals surface area contributed by atoms with E-state index in [1.165, 1.54) is 12.7 Å². The molecule has 31 heavy (non-hydrogen) atoms. The minimum Gasteiger partial charge on any atom is -0.497 e. The fraction of sp³-hybridized carbons (Fsp3) is 0.333. The molecule has 1 aromatic heterocycles. The van der Waals surface area contributed by atoms with E-state index in [1.807, 2.05) is 36.4 Å². The minimum atomic E-state index is -0.294. The van der Waals surface area contributed by atoms with Crippen molar-refractivity contribution in [3.8, 4) is 16.3 Å². The van der Waals surface area contributed by atoms with Gasteiger partial charge in [0.05, 0.1) is 25.5 Å². The molecule has 0 saturated carbocycles. The summed E-state index contributed by atoms with van der Waals surface area (Å²) in [6.07, 6.45) is 0. The van der Waals surface area contributed by atoms with E-state index in [1.54, 1.807) is 18.4 Å². The number of nitrogens with zero attached hydrogens (tertiary/aromatic N) is 3. The zero-order valence-corrected chi connectivity index (χ0v) is 18.7. The maximum atomic E-state index is 11.6. The number of carbonyl (C=O) groups is 1. The molecule has 0 aliphatic carbocycles. The molecule has 2 aromatic carbocycles. The zero-order chi connectivity index (χ0) is 21.6. The third kappa shape index (κ3) is 5.50. The molecule has 7 heteroatoms. The third-order valence-corrected chi connectivity index (χ3v) is 6.46. The number of esters is 1. The van der Waals surface area contributed by atoms with Gasteiger partial charge in [0.1, 0.15) is 10.8 Å². The maximum absolute atomic E-state index is 11.6. The molecule has 0 radical (unpaired) electrons. The van der Waals surface area contributed by atoms with Gasteiger partial charge in [-0.1, -0.05) is 12.1 Å². The van der Waals surface area contributed by atoms with Crippen molar-refractivity contribution in [1.29, 1.82) is 0 Å². The van der Waals surface area contributed by atoms with Gasteiger partial charge in [0, 0.05) is 50.2 Å². The van der Waals surface area contributed by atoms with E-state index in [4.69, 9.17) is 14.5 Å². The summed E-state index contributed by atoms with van der Waals surface area (Å²) in [5.74, 6) is 0.565. The molecule has 1 aliphatic heterocycles. The number of benzene rings is 2. The SMILES string of the molecule is COC(=O)c1ccc(CN2CCN(Cc3csc(-c4ccc(OC)cc4)n3)CC2)cc1. The third-order valence-electron chi connectivity index (χ3n) is 5.52. The number of rotatable bonds is 7. The highest BCUT2D eigenvalue weighted by molar-refractivity contribution is 7.13. The van der Waals surface area contributed by atoms with Crippen LogP contribution in [0.25, 0.3) is 10.6 Å². The summed E-state index contributed by atoms with van der Waals surface area (Å²) in [5, 5.41) is 3.21. The minimum absolute atomic E-state index is 0.294. The quantitative estimate of drug-likeness (QED) is 0.522. The molecule has 0 unspecified atom stereocenters. The number of aromatic nitrogens is 1. The van der Waals surface area contributed by atoms with E-state index >= 15 is 0 Å². The number of methoxy groups -OCH3 is 2. The first-order chi connectivity index (χ1) is 15.1. The fourth-order valence-electron chi connectivity index (χ4n) is 3.70. The van der Waals surface area contributed by atoms with Gasteiger partial charge in [-0.25, -0.2) is 9.78 Å². The first-order valence-corrected chi connectivity index (χ1v) is 11.2. The first-order valence-electron chi connectivity index (χ1n) is 10.4. The van der Waals surface area contributed by atoms with Crippen LogP contribution in [-0.2, 0) is 17.8 Å². The maximum Gasteiger partial charge on any atom is 0.337 e. The van der Waals surface area contributed by atoms with E-state index in [-0.39, 0.29) is 5.97 Å². The molecule has 0 spiro atoms. The highest BCUT2D eigenvalue weighted by Gasteiger charge is 2.18. The fourth-order valence-corrected chi connectivity index (χ4v) is 4.52.